The van der Waals surface area contributed by atoms with E-state index >= 15 is 0 Å². The number of thioether (sulfide) groups is 1. The van der Waals surface area contributed by atoms with Gasteiger partial charge < -0.3 is 4.90 Å². The smallest absolute Gasteiger partial charge is 0.101 e. The fraction of sp³-hybridized carbons (Fsp3) is 0.417. The van der Waals surface area contributed by atoms with Gasteiger partial charge in [-0.1, -0.05) is 11.6 Å². The third-order valence-electron chi connectivity index (χ3n) is 2.77. The summed E-state index contributed by atoms with van der Waals surface area (Å²) in [7, 11) is 0. The van der Waals surface area contributed by atoms with E-state index in [2.05, 4.69) is 17.9 Å². The lowest BCUT2D eigenvalue weighted by atomic mass is 10.2. The highest BCUT2D eigenvalue weighted by Gasteiger charge is 2.19. The van der Waals surface area contributed by atoms with Crippen LogP contribution in [0, 0.1) is 11.3 Å². The lowest BCUT2D eigenvalue weighted by molar-refractivity contribution is 0.700. The topological polar surface area (TPSA) is 27.0 Å². The number of nitriles is 1. The van der Waals surface area contributed by atoms with Crippen molar-refractivity contribution in [2.24, 2.45) is 0 Å². The van der Waals surface area contributed by atoms with Crippen LogP contribution in [0.5, 0.6) is 0 Å². The molecule has 1 fully saturated rings. The summed E-state index contributed by atoms with van der Waals surface area (Å²) in [5.41, 5.74) is 1.67. The third-order valence-corrected chi connectivity index (χ3v) is 4.27. The van der Waals surface area contributed by atoms with E-state index in [4.69, 9.17) is 16.9 Å². The van der Waals surface area contributed by atoms with Crippen molar-refractivity contribution in [3.63, 3.8) is 0 Å². The van der Waals surface area contributed by atoms with Gasteiger partial charge in [-0.2, -0.15) is 17.0 Å². The Hall–Kier alpha value is -0.850. The molecule has 2 rings (SSSR count). The number of hydrogen-bond donors (Lipinski definition) is 0. The minimum absolute atomic E-state index is 0.530. The van der Waals surface area contributed by atoms with Crippen LogP contribution in [0.4, 0.5) is 5.69 Å². The molecular weight excluding hydrogens is 240 g/mol. The molecule has 1 saturated heterocycles. The fourth-order valence-electron chi connectivity index (χ4n) is 1.88. The highest BCUT2D eigenvalue weighted by Crippen LogP contribution is 2.27. The van der Waals surface area contributed by atoms with E-state index in [1.165, 1.54) is 0 Å². The van der Waals surface area contributed by atoms with Crippen LogP contribution in [0.15, 0.2) is 18.2 Å². The van der Waals surface area contributed by atoms with E-state index in [0.29, 0.717) is 16.6 Å². The summed E-state index contributed by atoms with van der Waals surface area (Å²) in [5.74, 6) is 2.31. The second kappa shape index (κ2) is 4.99. The van der Waals surface area contributed by atoms with Crippen LogP contribution in [0.25, 0.3) is 0 Å². The number of anilines is 1. The van der Waals surface area contributed by atoms with Crippen LogP contribution in [-0.4, -0.2) is 24.1 Å². The maximum Gasteiger partial charge on any atom is 0.101 e. The lowest BCUT2D eigenvalue weighted by Gasteiger charge is -2.35. The van der Waals surface area contributed by atoms with Gasteiger partial charge in [0, 0.05) is 29.8 Å². The molecule has 1 heterocycles. The second-order valence-corrected chi connectivity index (χ2v) is 5.45. The Labute approximate surface area is 105 Å². The molecule has 0 aliphatic carbocycles. The van der Waals surface area contributed by atoms with Crippen LogP contribution in [0.2, 0.25) is 5.02 Å². The first-order valence-corrected chi connectivity index (χ1v) is 6.79. The van der Waals surface area contributed by atoms with Crippen LogP contribution in [0.1, 0.15) is 12.5 Å². The second-order valence-electron chi connectivity index (χ2n) is 3.89. The van der Waals surface area contributed by atoms with Gasteiger partial charge in [0.05, 0.1) is 10.6 Å². The van der Waals surface area contributed by atoms with Crippen molar-refractivity contribution in [3.8, 4) is 6.07 Å². The van der Waals surface area contributed by atoms with Gasteiger partial charge in [0.2, 0.25) is 0 Å². The summed E-state index contributed by atoms with van der Waals surface area (Å²) < 4.78 is 0. The van der Waals surface area contributed by atoms with Gasteiger partial charge in [0.25, 0.3) is 0 Å². The summed E-state index contributed by atoms with van der Waals surface area (Å²) in [6, 6.07) is 8.29. The fourth-order valence-corrected chi connectivity index (χ4v) is 3.11. The predicted molar refractivity (Wildman–Crippen MR) is 70.3 cm³/mol. The summed E-state index contributed by atoms with van der Waals surface area (Å²) in [6.45, 7) is 3.27. The van der Waals surface area contributed by atoms with Gasteiger partial charge in [-0.15, -0.1) is 0 Å². The van der Waals surface area contributed by atoms with Crippen molar-refractivity contribution in [2.75, 3.05) is 23.0 Å². The van der Waals surface area contributed by atoms with E-state index in [1.807, 2.05) is 23.9 Å². The SMILES string of the molecule is CC1CSCCN1c1ccc(C#N)c(Cl)c1. The molecule has 1 aliphatic heterocycles. The molecule has 0 spiro atoms. The van der Waals surface area contributed by atoms with Crippen molar-refractivity contribution in [2.45, 2.75) is 13.0 Å². The highest BCUT2D eigenvalue weighted by molar-refractivity contribution is 7.99. The molecule has 84 valence electrons. The molecule has 0 N–H and O–H groups in total. The van der Waals surface area contributed by atoms with Crippen molar-refractivity contribution >= 4 is 29.1 Å². The average molecular weight is 253 g/mol. The van der Waals surface area contributed by atoms with E-state index in [0.717, 1.165) is 23.7 Å². The minimum Gasteiger partial charge on any atom is -0.367 e. The summed E-state index contributed by atoms with van der Waals surface area (Å²) in [6.07, 6.45) is 0. The van der Waals surface area contributed by atoms with E-state index in [9.17, 15) is 0 Å². The van der Waals surface area contributed by atoms with Crippen molar-refractivity contribution in [1.29, 1.82) is 5.26 Å². The number of halogens is 1. The maximum atomic E-state index is 8.82. The summed E-state index contributed by atoms with van der Waals surface area (Å²) in [5, 5.41) is 9.37. The first-order valence-electron chi connectivity index (χ1n) is 5.26. The maximum absolute atomic E-state index is 8.82. The molecule has 1 atom stereocenters. The molecule has 0 amide bonds. The molecule has 0 bridgehead atoms. The molecule has 1 unspecified atom stereocenters. The van der Waals surface area contributed by atoms with Gasteiger partial charge >= 0.3 is 0 Å². The Morgan fingerprint density at radius 2 is 2.38 bits per heavy atom. The van der Waals surface area contributed by atoms with Crippen molar-refractivity contribution in [1.82, 2.24) is 0 Å². The minimum atomic E-state index is 0.530. The number of hydrogen-bond acceptors (Lipinski definition) is 3. The molecule has 2 nitrogen and oxygen atoms in total. The number of benzene rings is 1. The molecule has 0 saturated carbocycles. The Kier molecular flexibility index (Phi) is 3.63. The zero-order valence-corrected chi connectivity index (χ0v) is 10.7. The molecule has 16 heavy (non-hydrogen) atoms. The van der Waals surface area contributed by atoms with Crippen LogP contribution in [0.3, 0.4) is 0 Å². The largest absolute Gasteiger partial charge is 0.367 e. The van der Waals surface area contributed by atoms with Crippen LogP contribution < -0.4 is 4.90 Å². The standard InChI is InChI=1S/C12H13ClN2S/c1-9-8-16-5-4-15(9)11-3-2-10(7-14)12(13)6-11/h2-3,6,9H,4-5,8H2,1H3. The number of rotatable bonds is 1. The monoisotopic (exact) mass is 252 g/mol. The van der Waals surface area contributed by atoms with E-state index in [-0.39, 0.29) is 0 Å². The van der Waals surface area contributed by atoms with Gasteiger partial charge in [0.1, 0.15) is 6.07 Å². The Bertz CT molecular complexity index is 428. The van der Waals surface area contributed by atoms with Crippen LogP contribution in [-0.2, 0) is 0 Å². The van der Waals surface area contributed by atoms with Crippen molar-refractivity contribution in [3.05, 3.63) is 28.8 Å². The lowest BCUT2D eigenvalue weighted by Crippen LogP contribution is -2.40. The quantitative estimate of drug-likeness (QED) is 0.768. The summed E-state index contributed by atoms with van der Waals surface area (Å²) >= 11 is 8.03. The van der Waals surface area contributed by atoms with Crippen LogP contribution >= 0.6 is 23.4 Å². The molecular formula is C12H13ClN2S. The molecule has 1 aromatic rings. The number of nitrogens with zero attached hydrogens (tertiary/aromatic N) is 2. The van der Waals surface area contributed by atoms with Gasteiger partial charge in [0.15, 0.2) is 0 Å². The average Bonchev–Trinajstić information content (AvgIpc) is 2.29. The molecule has 1 aromatic carbocycles. The van der Waals surface area contributed by atoms with Gasteiger partial charge in [-0.3, -0.25) is 0 Å². The molecule has 0 radical (unpaired) electrons. The zero-order valence-electron chi connectivity index (χ0n) is 9.11. The normalized spacial score (nSPS) is 20.6. The Morgan fingerprint density at radius 3 is 3.00 bits per heavy atom. The molecule has 0 aromatic heterocycles. The third kappa shape index (κ3) is 2.28. The molecule has 1 aliphatic rings. The van der Waals surface area contributed by atoms with E-state index in [1.54, 1.807) is 6.07 Å². The Morgan fingerprint density at radius 1 is 1.56 bits per heavy atom. The van der Waals surface area contributed by atoms with Crippen molar-refractivity contribution < 1.29 is 0 Å². The Balaban J connectivity index is 2.27. The zero-order chi connectivity index (χ0) is 11.5. The van der Waals surface area contributed by atoms with Gasteiger partial charge in [-0.25, -0.2) is 0 Å². The summed E-state index contributed by atoms with van der Waals surface area (Å²) in [4.78, 5) is 2.35. The van der Waals surface area contributed by atoms with Gasteiger partial charge in [-0.05, 0) is 25.1 Å². The molecule has 4 heteroatoms. The first-order chi connectivity index (χ1) is 7.72. The first kappa shape index (κ1) is 11.6. The highest BCUT2D eigenvalue weighted by atomic mass is 35.5. The van der Waals surface area contributed by atoms with E-state index < -0.39 is 0 Å². The predicted octanol–water partition coefficient (Wildman–Crippen LogP) is 3.15.